The Kier molecular flexibility index (Phi) is 2.42. The Morgan fingerprint density at radius 3 is 2.69 bits per heavy atom. The third kappa shape index (κ3) is 1.72. The zero-order valence-electron chi connectivity index (χ0n) is 6.75. The van der Waals surface area contributed by atoms with Crippen LogP contribution in [0.3, 0.4) is 0 Å². The number of pyridine rings is 1. The van der Waals surface area contributed by atoms with E-state index in [-0.39, 0.29) is 17.0 Å². The number of alkyl halides is 2. The summed E-state index contributed by atoms with van der Waals surface area (Å²) in [5, 5.41) is 17.5. The van der Waals surface area contributed by atoms with Crippen LogP contribution in [0.1, 0.15) is 23.4 Å². The molecular formula is C8H6F2N2O. The lowest BCUT2D eigenvalue weighted by Gasteiger charge is -2.04. The molecule has 0 aliphatic heterocycles. The summed E-state index contributed by atoms with van der Waals surface area (Å²) in [5.41, 5.74) is -0.525. The van der Waals surface area contributed by atoms with E-state index in [0.29, 0.717) is 0 Å². The van der Waals surface area contributed by atoms with Crippen LogP contribution in [0.2, 0.25) is 0 Å². The number of rotatable bonds is 1. The minimum Gasteiger partial charge on any atom is -0.505 e. The zero-order chi connectivity index (χ0) is 10.0. The van der Waals surface area contributed by atoms with Gasteiger partial charge in [0.05, 0.1) is 0 Å². The van der Waals surface area contributed by atoms with Gasteiger partial charge in [-0.05, 0) is 13.0 Å². The zero-order valence-corrected chi connectivity index (χ0v) is 6.75. The summed E-state index contributed by atoms with van der Waals surface area (Å²) >= 11 is 0. The number of aryl methyl sites for hydroxylation is 1. The Morgan fingerprint density at radius 1 is 1.62 bits per heavy atom. The van der Waals surface area contributed by atoms with E-state index in [1.165, 1.54) is 6.92 Å². The van der Waals surface area contributed by atoms with Gasteiger partial charge in [0.1, 0.15) is 6.07 Å². The third-order valence-corrected chi connectivity index (χ3v) is 1.57. The number of hydrogen-bond acceptors (Lipinski definition) is 3. The second kappa shape index (κ2) is 3.35. The molecule has 0 bridgehead atoms. The van der Waals surface area contributed by atoms with Crippen molar-refractivity contribution >= 4 is 0 Å². The molecule has 5 heteroatoms. The molecule has 0 atom stereocenters. The van der Waals surface area contributed by atoms with Gasteiger partial charge < -0.3 is 5.11 Å². The first-order chi connectivity index (χ1) is 6.06. The summed E-state index contributed by atoms with van der Waals surface area (Å²) in [6.45, 7) is 1.36. The minimum absolute atomic E-state index is 0.0596. The topological polar surface area (TPSA) is 56.9 Å². The molecule has 1 aromatic heterocycles. The molecule has 1 rings (SSSR count). The number of aromatic hydroxyl groups is 1. The maximum atomic E-state index is 12.2. The van der Waals surface area contributed by atoms with Crippen molar-refractivity contribution in [2.45, 2.75) is 13.3 Å². The Morgan fingerprint density at radius 2 is 2.23 bits per heavy atom. The van der Waals surface area contributed by atoms with Gasteiger partial charge in [-0.25, -0.2) is 13.8 Å². The number of nitrogens with zero attached hydrogens (tertiary/aromatic N) is 2. The van der Waals surface area contributed by atoms with E-state index in [1.54, 1.807) is 6.07 Å². The van der Waals surface area contributed by atoms with Crippen LogP contribution >= 0.6 is 0 Å². The van der Waals surface area contributed by atoms with Gasteiger partial charge in [-0.2, -0.15) is 5.26 Å². The molecular weight excluding hydrogens is 178 g/mol. The van der Waals surface area contributed by atoms with Crippen LogP contribution in [-0.4, -0.2) is 10.1 Å². The molecule has 0 amide bonds. The van der Waals surface area contributed by atoms with E-state index in [0.717, 1.165) is 6.07 Å². The van der Waals surface area contributed by atoms with Crippen LogP contribution in [0.25, 0.3) is 0 Å². The predicted octanol–water partition coefficient (Wildman–Crippen LogP) is 1.90. The van der Waals surface area contributed by atoms with E-state index < -0.39 is 12.2 Å². The van der Waals surface area contributed by atoms with Crippen LogP contribution < -0.4 is 0 Å². The molecule has 68 valence electrons. The molecule has 0 saturated carbocycles. The normalized spacial score (nSPS) is 10.1. The Labute approximate surface area is 73.3 Å². The summed E-state index contributed by atoms with van der Waals surface area (Å²) in [4.78, 5) is 3.52. The summed E-state index contributed by atoms with van der Waals surface area (Å²) in [6.07, 6.45) is -2.69. The van der Waals surface area contributed by atoms with Gasteiger partial charge >= 0.3 is 0 Å². The fraction of sp³-hybridized carbons (Fsp3) is 0.250. The highest BCUT2D eigenvalue weighted by molar-refractivity contribution is 5.41. The van der Waals surface area contributed by atoms with Gasteiger partial charge in [0, 0.05) is 11.3 Å². The summed E-state index contributed by atoms with van der Waals surface area (Å²) < 4.78 is 24.4. The van der Waals surface area contributed by atoms with E-state index in [4.69, 9.17) is 10.4 Å². The Bertz CT molecular complexity index is 371. The summed E-state index contributed by atoms with van der Waals surface area (Å²) in [6, 6.07) is 2.46. The highest BCUT2D eigenvalue weighted by atomic mass is 19.3. The van der Waals surface area contributed by atoms with E-state index in [2.05, 4.69) is 4.98 Å². The molecule has 0 aliphatic carbocycles. The van der Waals surface area contributed by atoms with Gasteiger partial charge in [-0.3, -0.25) is 0 Å². The highest BCUT2D eigenvalue weighted by Crippen LogP contribution is 2.26. The third-order valence-electron chi connectivity index (χ3n) is 1.57. The SMILES string of the molecule is Cc1nc(C#N)c(O)cc1C(F)F. The van der Waals surface area contributed by atoms with Gasteiger partial charge in [0.15, 0.2) is 11.4 Å². The summed E-state index contributed by atoms with van der Waals surface area (Å²) in [7, 11) is 0. The molecule has 0 aliphatic rings. The molecule has 0 radical (unpaired) electrons. The Hall–Kier alpha value is -1.70. The average Bonchev–Trinajstić information content (AvgIpc) is 2.07. The highest BCUT2D eigenvalue weighted by Gasteiger charge is 2.15. The molecule has 1 heterocycles. The van der Waals surface area contributed by atoms with E-state index in [1.807, 2.05) is 0 Å². The largest absolute Gasteiger partial charge is 0.505 e. The summed E-state index contributed by atoms with van der Waals surface area (Å²) in [5.74, 6) is -0.511. The minimum atomic E-state index is -2.69. The smallest absolute Gasteiger partial charge is 0.265 e. The molecule has 1 N–H and O–H groups in total. The molecule has 3 nitrogen and oxygen atoms in total. The predicted molar refractivity (Wildman–Crippen MR) is 40.3 cm³/mol. The maximum absolute atomic E-state index is 12.2. The van der Waals surface area contributed by atoms with Crippen molar-refractivity contribution in [1.29, 1.82) is 5.26 Å². The van der Waals surface area contributed by atoms with Gasteiger partial charge in [0.25, 0.3) is 6.43 Å². The number of aromatic nitrogens is 1. The number of nitriles is 1. The number of halogens is 2. The second-order valence-corrected chi connectivity index (χ2v) is 2.44. The van der Waals surface area contributed by atoms with Crippen LogP contribution in [-0.2, 0) is 0 Å². The van der Waals surface area contributed by atoms with Crippen molar-refractivity contribution in [3.8, 4) is 11.8 Å². The van der Waals surface area contributed by atoms with E-state index >= 15 is 0 Å². The lowest BCUT2D eigenvalue weighted by atomic mass is 10.2. The van der Waals surface area contributed by atoms with Crippen LogP contribution in [0.5, 0.6) is 5.75 Å². The van der Waals surface area contributed by atoms with Gasteiger partial charge in [0.2, 0.25) is 0 Å². The quantitative estimate of drug-likeness (QED) is 0.725. The Balaban J connectivity index is 3.31. The number of hydrogen-bond donors (Lipinski definition) is 1. The lowest BCUT2D eigenvalue weighted by molar-refractivity contribution is 0.149. The van der Waals surface area contributed by atoms with Crippen molar-refractivity contribution in [1.82, 2.24) is 4.98 Å². The van der Waals surface area contributed by atoms with E-state index in [9.17, 15) is 8.78 Å². The van der Waals surface area contributed by atoms with Crippen molar-refractivity contribution in [2.24, 2.45) is 0 Å². The first kappa shape index (κ1) is 9.39. The lowest BCUT2D eigenvalue weighted by Crippen LogP contribution is -1.95. The molecule has 0 aromatic carbocycles. The van der Waals surface area contributed by atoms with Crippen molar-refractivity contribution in [3.63, 3.8) is 0 Å². The first-order valence-corrected chi connectivity index (χ1v) is 3.45. The monoisotopic (exact) mass is 184 g/mol. The molecule has 13 heavy (non-hydrogen) atoms. The van der Waals surface area contributed by atoms with Crippen molar-refractivity contribution in [2.75, 3.05) is 0 Å². The van der Waals surface area contributed by atoms with Crippen molar-refractivity contribution < 1.29 is 13.9 Å². The fourth-order valence-electron chi connectivity index (χ4n) is 0.913. The maximum Gasteiger partial charge on any atom is 0.265 e. The van der Waals surface area contributed by atoms with Crippen LogP contribution in [0.4, 0.5) is 8.78 Å². The molecule has 0 spiro atoms. The molecule has 1 aromatic rings. The molecule has 0 saturated heterocycles. The first-order valence-electron chi connectivity index (χ1n) is 3.45. The van der Waals surface area contributed by atoms with Crippen LogP contribution in [0, 0.1) is 18.3 Å². The fourth-order valence-corrected chi connectivity index (χ4v) is 0.913. The van der Waals surface area contributed by atoms with Gasteiger partial charge in [-0.1, -0.05) is 0 Å². The van der Waals surface area contributed by atoms with Crippen molar-refractivity contribution in [3.05, 3.63) is 23.0 Å². The van der Waals surface area contributed by atoms with Gasteiger partial charge in [-0.15, -0.1) is 0 Å². The van der Waals surface area contributed by atoms with Crippen LogP contribution in [0.15, 0.2) is 6.07 Å². The second-order valence-electron chi connectivity index (χ2n) is 2.44. The average molecular weight is 184 g/mol. The molecule has 0 unspecified atom stereocenters. The molecule has 0 fully saturated rings. The standard InChI is InChI=1S/C8H6F2N2O/c1-4-5(8(9)10)2-7(13)6(3-11)12-4/h2,8,13H,1H3.